The normalized spacial score (nSPS) is 11.6. The van der Waals surface area contributed by atoms with Crippen molar-refractivity contribution in [2.24, 2.45) is 4.99 Å². The molecule has 0 aliphatic rings. The summed E-state index contributed by atoms with van der Waals surface area (Å²) in [6, 6.07) is 3.28. The van der Waals surface area contributed by atoms with Crippen molar-refractivity contribution in [2.45, 2.75) is 19.5 Å². The third kappa shape index (κ3) is 11.2. The number of hydrogen-bond acceptors (Lipinski definition) is 3. The summed E-state index contributed by atoms with van der Waals surface area (Å²) in [5.74, 6) is 0.740. The smallest absolute Gasteiger partial charge is 0.390 e. The zero-order valence-electron chi connectivity index (χ0n) is 12.5. The molecule has 132 valence electrons. The zero-order chi connectivity index (χ0) is 16.4. The van der Waals surface area contributed by atoms with E-state index in [1.54, 1.807) is 12.1 Å². The molecule has 2 N–H and O–H groups in total. The van der Waals surface area contributed by atoms with Gasteiger partial charge in [0.05, 0.1) is 24.5 Å². The van der Waals surface area contributed by atoms with Crippen LogP contribution in [0.15, 0.2) is 23.3 Å². The van der Waals surface area contributed by atoms with E-state index in [9.17, 15) is 13.2 Å². The summed E-state index contributed by atoms with van der Waals surface area (Å²) in [7, 11) is 0. The minimum absolute atomic E-state index is 0. The van der Waals surface area contributed by atoms with Crippen LogP contribution in [-0.4, -0.2) is 43.4 Å². The van der Waals surface area contributed by atoms with Gasteiger partial charge in [-0.3, -0.25) is 4.99 Å². The molecule has 5 nitrogen and oxygen atoms in total. The Morgan fingerprint density at radius 2 is 2.09 bits per heavy atom. The first-order valence-electron chi connectivity index (χ1n) is 6.74. The maximum absolute atomic E-state index is 12.1. The molecule has 0 saturated carbocycles. The van der Waals surface area contributed by atoms with Crippen molar-refractivity contribution < 1.29 is 17.9 Å². The molecule has 23 heavy (non-hydrogen) atoms. The largest absolute Gasteiger partial charge is 0.476 e. The van der Waals surface area contributed by atoms with Gasteiger partial charge in [-0.25, -0.2) is 4.98 Å². The number of halogens is 5. The highest BCUT2D eigenvalue weighted by atomic mass is 127. The number of ether oxygens (including phenoxy) is 1. The van der Waals surface area contributed by atoms with Gasteiger partial charge in [0.15, 0.2) is 5.96 Å². The molecule has 1 aromatic rings. The van der Waals surface area contributed by atoms with E-state index >= 15 is 0 Å². The monoisotopic (exact) mass is 466 g/mol. The minimum Gasteiger partial charge on any atom is -0.476 e. The second-order valence-corrected chi connectivity index (χ2v) is 4.65. The molecule has 0 saturated heterocycles. The van der Waals surface area contributed by atoms with Gasteiger partial charge in [-0.15, -0.1) is 24.0 Å². The van der Waals surface area contributed by atoms with E-state index in [1.165, 1.54) is 6.20 Å². The molecule has 0 unspecified atom stereocenters. The number of aliphatic imine (C=N–C) groups is 1. The minimum atomic E-state index is -4.20. The van der Waals surface area contributed by atoms with Gasteiger partial charge < -0.3 is 15.4 Å². The van der Waals surface area contributed by atoms with Crippen molar-refractivity contribution in [1.82, 2.24) is 15.6 Å². The van der Waals surface area contributed by atoms with Gasteiger partial charge in [0.2, 0.25) is 5.88 Å². The van der Waals surface area contributed by atoms with E-state index in [0.29, 0.717) is 30.0 Å². The Labute approximate surface area is 155 Å². The Hall–Kier alpha value is -0.970. The van der Waals surface area contributed by atoms with E-state index in [-0.39, 0.29) is 37.1 Å². The van der Waals surface area contributed by atoms with E-state index < -0.39 is 12.6 Å². The number of pyridine rings is 1. The van der Waals surface area contributed by atoms with Crippen LogP contribution in [0.5, 0.6) is 5.88 Å². The van der Waals surface area contributed by atoms with Crippen LogP contribution in [0.4, 0.5) is 13.2 Å². The quantitative estimate of drug-likeness (QED) is 0.280. The molecule has 0 amide bonds. The van der Waals surface area contributed by atoms with Crippen molar-refractivity contribution in [1.29, 1.82) is 0 Å². The molecule has 1 rings (SSSR count). The summed E-state index contributed by atoms with van der Waals surface area (Å²) in [6.45, 7) is 2.73. The Bertz CT molecular complexity index is 471. The first-order chi connectivity index (χ1) is 10.4. The van der Waals surface area contributed by atoms with Gasteiger partial charge in [0.25, 0.3) is 0 Å². The van der Waals surface area contributed by atoms with Gasteiger partial charge in [-0.1, -0.05) is 11.6 Å². The van der Waals surface area contributed by atoms with E-state index in [0.717, 1.165) is 0 Å². The van der Waals surface area contributed by atoms with Gasteiger partial charge in [-0.2, -0.15) is 13.2 Å². The number of hydrogen-bond donors (Lipinski definition) is 2. The molecular weight excluding hydrogens is 448 g/mol. The summed E-state index contributed by atoms with van der Waals surface area (Å²) in [6.07, 6.45) is -3.69. The van der Waals surface area contributed by atoms with Crippen molar-refractivity contribution in [3.8, 4) is 5.88 Å². The predicted molar refractivity (Wildman–Crippen MR) is 94.8 cm³/mol. The summed E-state index contributed by atoms with van der Waals surface area (Å²) < 4.78 is 41.6. The van der Waals surface area contributed by atoms with Crippen molar-refractivity contribution in [3.05, 3.63) is 23.4 Å². The highest BCUT2D eigenvalue weighted by Gasteiger charge is 2.26. The lowest BCUT2D eigenvalue weighted by Gasteiger charge is -2.12. The SMILES string of the molecule is CCNC(=NCCC(F)(F)F)NCCOc1ccc(Cl)cn1.I. The summed E-state index contributed by atoms with van der Waals surface area (Å²) in [5.41, 5.74) is 0. The topological polar surface area (TPSA) is 58.5 Å². The number of guanidine groups is 1. The van der Waals surface area contributed by atoms with Crippen molar-refractivity contribution in [3.63, 3.8) is 0 Å². The molecule has 0 bridgehead atoms. The van der Waals surface area contributed by atoms with Crippen molar-refractivity contribution in [2.75, 3.05) is 26.2 Å². The van der Waals surface area contributed by atoms with Crippen LogP contribution < -0.4 is 15.4 Å². The van der Waals surface area contributed by atoms with E-state index in [1.807, 2.05) is 6.92 Å². The molecule has 10 heteroatoms. The third-order valence-corrected chi connectivity index (χ3v) is 2.58. The average molecular weight is 467 g/mol. The molecule has 0 atom stereocenters. The number of alkyl halides is 3. The number of rotatable bonds is 7. The van der Waals surface area contributed by atoms with Crippen LogP contribution in [0.2, 0.25) is 5.02 Å². The van der Waals surface area contributed by atoms with Crippen LogP contribution in [0, 0.1) is 0 Å². The van der Waals surface area contributed by atoms with Crippen LogP contribution in [0.1, 0.15) is 13.3 Å². The highest BCUT2D eigenvalue weighted by molar-refractivity contribution is 14.0. The van der Waals surface area contributed by atoms with Crippen LogP contribution in [0.3, 0.4) is 0 Å². The molecule has 1 heterocycles. The first kappa shape index (κ1) is 22.0. The number of nitrogens with one attached hydrogen (secondary N) is 2. The molecule has 1 aromatic heterocycles. The summed E-state index contributed by atoms with van der Waals surface area (Å²) in [5, 5.41) is 6.25. The molecule has 0 spiro atoms. The zero-order valence-corrected chi connectivity index (χ0v) is 15.6. The fraction of sp³-hybridized carbons (Fsp3) is 0.538. The van der Waals surface area contributed by atoms with Crippen LogP contribution in [0.25, 0.3) is 0 Å². The maximum atomic E-state index is 12.1. The standard InChI is InChI=1S/C13H18ClF3N4O.HI/c1-2-18-12(19-6-5-13(15,16)17)20-7-8-22-11-4-3-10(14)9-21-11;/h3-4,9H,2,5-8H2,1H3,(H2,18,19,20);1H. The highest BCUT2D eigenvalue weighted by Crippen LogP contribution is 2.18. The lowest BCUT2D eigenvalue weighted by atomic mass is 10.4. The fourth-order valence-corrected chi connectivity index (χ4v) is 1.52. The molecule has 0 fully saturated rings. The average Bonchev–Trinajstić information content (AvgIpc) is 2.44. The molecular formula is C13H19ClF3IN4O. The third-order valence-electron chi connectivity index (χ3n) is 2.35. The molecule has 0 aliphatic carbocycles. The molecule has 0 radical (unpaired) electrons. The lowest BCUT2D eigenvalue weighted by molar-refractivity contribution is -0.132. The molecule has 0 aromatic carbocycles. The number of nitrogens with zero attached hydrogens (tertiary/aromatic N) is 2. The van der Waals surface area contributed by atoms with Gasteiger partial charge in [-0.05, 0) is 13.0 Å². The fourth-order valence-electron chi connectivity index (χ4n) is 1.41. The second kappa shape index (κ2) is 11.5. The van der Waals surface area contributed by atoms with Gasteiger partial charge >= 0.3 is 6.18 Å². The van der Waals surface area contributed by atoms with E-state index in [2.05, 4.69) is 20.6 Å². The number of aromatic nitrogens is 1. The predicted octanol–water partition coefficient (Wildman–Crippen LogP) is 3.24. The Kier molecular flexibility index (Phi) is 11.1. The Morgan fingerprint density at radius 1 is 1.35 bits per heavy atom. The van der Waals surface area contributed by atoms with Crippen LogP contribution in [-0.2, 0) is 0 Å². The van der Waals surface area contributed by atoms with Crippen molar-refractivity contribution >= 4 is 41.5 Å². The second-order valence-electron chi connectivity index (χ2n) is 4.22. The summed E-state index contributed by atoms with van der Waals surface area (Å²) in [4.78, 5) is 7.80. The first-order valence-corrected chi connectivity index (χ1v) is 7.12. The van der Waals surface area contributed by atoms with E-state index in [4.69, 9.17) is 16.3 Å². The summed E-state index contributed by atoms with van der Waals surface area (Å²) >= 11 is 5.70. The maximum Gasteiger partial charge on any atom is 0.390 e. The van der Waals surface area contributed by atoms with Crippen LogP contribution >= 0.6 is 35.6 Å². The lowest BCUT2D eigenvalue weighted by Crippen LogP contribution is -2.39. The van der Waals surface area contributed by atoms with Gasteiger partial charge in [0, 0.05) is 18.8 Å². The van der Waals surface area contributed by atoms with Gasteiger partial charge in [0.1, 0.15) is 6.61 Å². The Balaban J connectivity index is 0.00000484. The molecule has 0 aliphatic heterocycles. The Morgan fingerprint density at radius 3 is 2.65 bits per heavy atom.